The van der Waals surface area contributed by atoms with Gasteiger partial charge in [0.25, 0.3) is 0 Å². The number of ether oxygens (including phenoxy) is 1. The van der Waals surface area contributed by atoms with Crippen LogP contribution < -0.4 is 10.3 Å². The summed E-state index contributed by atoms with van der Waals surface area (Å²) in [6.45, 7) is 6.15. The molecule has 2 aromatic carbocycles. The second-order valence-electron chi connectivity index (χ2n) is 8.71. The Balaban J connectivity index is 1.41. The van der Waals surface area contributed by atoms with Crippen molar-refractivity contribution in [2.45, 2.75) is 24.8 Å². The average molecular weight is 496 g/mol. The zero-order valence-electron chi connectivity index (χ0n) is 19.7. The third-order valence-electron chi connectivity index (χ3n) is 6.65. The number of hydrogen-bond acceptors (Lipinski definition) is 7. The van der Waals surface area contributed by atoms with E-state index in [0.29, 0.717) is 60.4 Å². The molecule has 0 radical (unpaired) electrons. The fraction of sp³-hybridized carbons (Fsp3) is 0.346. The van der Waals surface area contributed by atoms with Gasteiger partial charge in [0.15, 0.2) is 5.78 Å². The van der Waals surface area contributed by atoms with Crippen LogP contribution in [0.3, 0.4) is 0 Å². The number of piperazine rings is 1. The number of ketones is 1. The molecule has 3 heterocycles. The van der Waals surface area contributed by atoms with Gasteiger partial charge in [-0.2, -0.15) is 0 Å². The number of thioether (sulfide) groups is 1. The zero-order chi connectivity index (χ0) is 24.7. The van der Waals surface area contributed by atoms with E-state index in [4.69, 9.17) is 4.74 Å². The molecule has 0 atom stereocenters. The Morgan fingerprint density at radius 2 is 1.83 bits per heavy atom. The molecule has 2 aliphatic rings. The van der Waals surface area contributed by atoms with Gasteiger partial charge in [-0.05, 0) is 19.9 Å². The zero-order valence-corrected chi connectivity index (χ0v) is 20.5. The number of carbonyl (C=O) groups is 2. The van der Waals surface area contributed by atoms with Crippen LogP contribution in [0.4, 0.5) is 10.1 Å². The summed E-state index contributed by atoms with van der Waals surface area (Å²) in [7, 11) is 0. The summed E-state index contributed by atoms with van der Waals surface area (Å²) >= 11 is 1.41. The van der Waals surface area contributed by atoms with Crippen molar-refractivity contribution in [2.75, 3.05) is 44.2 Å². The molecule has 2 aliphatic heterocycles. The maximum Gasteiger partial charge on any atom is 0.344 e. The van der Waals surface area contributed by atoms with Crippen molar-refractivity contribution in [3.05, 3.63) is 69.1 Å². The number of aromatic nitrogens is 1. The molecule has 1 saturated heterocycles. The van der Waals surface area contributed by atoms with E-state index in [0.717, 1.165) is 0 Å². The van der Waals surface area contributed by atoms with Gasteiger partial charge in [-0.15, -0.1) is 0 Å². The third kappa shape index (κ3) is 4.12. The number of halogens is 1. The lowest BCUT2D eigenvalue weighted by Crippen LogP contribution is -2.48. The molecular weight excluding hydrogens is 469 g/mol. The number of benzene rings is 2. The molecule has 1 aromatic heterocycles. The molecule has 5 rings (SSSR count). The molecule has 0 saturated carbocycles. The minimum Gasteiger partial charge on any atom is -0.462 e. The van der Waals surface area contributed by atoms with Crippen LogP contribution in [0.15, 0.2) is 46.2 Å². The van der Waals surface area contributed by atoms with Crippen molar-refractivity contribution in [1.29, 1.82) is 0 Å². The van der Waals surface area contributed by atoms with E-state index in [9.17, 15) is 14.4 Å². The summed E-state index contributed by atoms with van der Waals surface area (Å²) in [6, 6.07) is 10.9. The molecule has 7 nitrogen and oxygen atoms in total. The Kier molecular flexibility index (Phi) is 6.37. The van der Waals surface area contributed by atoms with E-state index in [-0.39, 0.29) is 28.9 Å². The van der Waals surface area contributed by atoms with Crippen LogP contribution in [0.1, 0.15) is 33.2 Å². The molecule has 9 heteroatoms. The highest BCUT2D eigenvalue weighted by Crippen LogP contribution is 2.39. The van der Waals surface area contributed by atoms with Crippen molar-refractivity contribution >= 4 is 40.1 Å². The molecule has 0 unspecified atom stereocenters. The van der Waals surface area contributed by atoms with Gasteiger partial charge in [-0.1, -0.05) is 42.1 Å². The molecule has 0 N–H and O–H groups in total. The van der Waals surface area contributed by atoms with E-state index in [1.54, 1.807) is 19.9 Å². The predicted molar refractivity (Wildman–Crippen MR) is 134 cm³/mol. The van der Waals surface area contributed by atoms with E-state index in [1.165, 1.54) is 11.8 Å². The Labute approximate surface area is 206 Å². The largest absolute Gasteiger partial charge is 0.462 e. The van der Waals surface area contributed by atoms with Gasteiger partial charge < -0.3 is 14.2 Å². The number of rotatable bonds is 6. The topological polar surface area (TPSA) is 71.8 Å². The summed E-state index contributed by atoms with van der Waals surface area (Å²) in [5.41, 5.74) is 1.51. The van der Waals surface area contributed by atoms with Crippen molar-refractivity contribution in [3.8, 4) is 0 Å². The first-order valence-electron chi connectivity index (χ1n) is 11.7. The van der Waals surface area contributed by atoms with E-state index >= 15 is 4.39 Å². The predicted octanol–water partition coefficient (Wildman–Crippen LogP) is 3.69. The minimum atomic E-state index is -0.666. The van der Waals surface area contributed by atoms with Crippen LogP contribution in [-0.4, -0.2) is 60.6 Å². The van der Waals surface area contributed by atoms with Gasteiger partial charge in [0.2, 0.25) is 5.43 Å². The Morgan fingerprint density at radius 1 is 1.11 bits per heavy atom. The normalized spacial score (nSPS) is 15.6. The number of pyridine rings is 1. The molecule has 0 amide bonds. The minimum absolute atomic E-state index is 0.0115. The van der Waals surface area contributed by atoms with Gasteiger partial charge >= 0.3 is 5.97 Å². The molecule has 0 aliphatic carbocycles. The highest BCUT2D eigenvalue weighted by atomic mass is 32.2. The molecule has 3 aromatic rings. The van der Waals surface area contributed by atoms with Crippen molar-refractivity contribution < 1.29 is 18.7 Å². The second-order valence-corrected chi connectivity index (χ2v) is 9.65. The second kappa shape index (κ2) is 9.47. The number of Topliss-reactive ketones (excluding diaryl/α,β-unsaturated/α-hetero) is 1. The first-order chi connectivity index (χ1) is 16.9. The van der Waals surface area contributed by atoms with Gasteiger partial charge in [-0.3, -0.25) is 14.5 Å². The van der Waals surface area contributed by atoms with E-state index < -0.39 is 17.2 Å². The summed E-state index contributed by atoms with van der Waals surface area (Å²) in [6.07, 6.45) is 0. The molecule has 0 bridgehead atoms. The van der Waals surface area contributed by atoms with Gasteiger partial charge in [0.1, 0.15) is 11.4 Å². The summed E-state index contributed by atoms with van der Waals surface area (Å²) in [4.78, 5) is 42.3. The summed E-state index contributed by atoms with van der Waals surface area (Å²) in [5, 5.41) is 0.799. The quantitative estimate of drug-likeness (QED) is 0.382. The lowest BCUT2D eigenvalue weighted by atomic mass is 10.0. The first-order valence-corrected chi connectivity index (χ1v) is 12.6. The van der Waals surface area contributed by atoms with E-state index in [1.807, 2.05) is 39.8 Å². The number of esters is 1. The molecular formula is C26H26FN3O4S. The Hall–Kier alpha value is -3.17. The Morgan fingerprint density at radius 3 is 2.46 bits per heavy atom. The standard InChI is InChI=1S/C26H26FN3O4S/c1-3-34-26(33)22-24(32)21-16(2)23(27)19(13-18(21)30-15-35-25(22)30)29-11-9-28(10-12-29)14-20(31)17-7-5-4-6-8-17/h4-8,13H,3,9-12,14-15H2,1-2H3. The fourth-order valence-electron chi connectivity index (χ4n) is 4.74. The summed E-state index contributed by atoms with van der Waals surface area (Å²) in [5.74, 6) is -0.468. The smallest absolute Gasteiger partial charge is 0.344 e. The van der Waals surface area contributed by atoms with Gasteiger partial charge in [0.05, 0.1) is 40.6 Å². The Bertz CT molecular complexity index is 1380. The van der Waals surface area contributed by atoms with Gasteiger partial charge in [-0.25, -0.2) is 9.18 Å². The van der Waals surface area contributed by atoms with Crippen LogP contribution in [0.25, 0.3) is 10.9 Å². The molecule has 0 spiro atoms. The lowest BCUT2D eigenvalue weighted by Gasteiger charge is -2.36. The van der Waals surface area contributed by atoms with Crippen molar-refractivity contribution in [3.63, 3.8) is 0 Å². The highest BCUT2D eigenvalue weighted by molar-refractivity contribution is 7.99. The van der Waals surface area contributed by atoms with Crippen molar-refractivity contribution in [2.24, 2.45) is 0 Å². The maximum atomic E-state index is 15.6. The number of fused-ring (bicyclic) bond motifs is 3. The van der Waals surface area contributed by atoms with Crippen molar-refractivity contribution in [1.82, 2.24) is 9.47 Å². The van der Waals surface area contributed by atoms with Gasteiger partial charge in [0, 0.05) is 37.3 Å². The number of anilines is 1. The number of aryl methyl sites for hydroxylation is 1. The maximum absolute atomic E-state index is 15.6. The van der Waals surface area contributed by atoms with Crippen LogP contribution in [0.5, 0.6) is 0 Å². The fourth-order valence-corrected chi connectivity index (χ4v) is 5.68. The first kappa shape index (κ1) is 23.6. The van der Waals surface area contributed by atoms with Crippen LogP contribution in [0.2, 0.25) is 0 Å². The number of nitrogens with zero attached hydrogens (tertiary/aromatic N) is 3. The average Bonchev–Trinajstić information content (AvgIpc) is 2.84. The number of hydrogen-bond donors (Lipinski definition) is 0. The molecule has 1 fully saturated rings. The van der Waals surface area contributed by atoms with Crippen LogP contribution in [0, 0.1) is 12.7 Å². The van der Waals surface area contributed by atoms with Crippen LogP contribution >= 0.6 is 11.8 Å². The highest BCUT2D eigenvalue weighted by Gasteiger charge is 2.31. The third-order valence-corrected chi connectivity index (χ3v) is 7.73. The summed E-state index contributed by atoms with van der Waals surface area (Å²) < 4.78 is 22.6. The number of carbonyl (C=O) groups excluding carboxylic acids is 2. The SMILES string of the molecule is CCOC(=O)c1c2n(c3cc(N4CCN(CC(=O)c5ccccc5)CC4)c(F)c(C)c3c1=O)CS2. The lowest BCUT2D eigenvalue weighted by molar-refractivity contribution is 0.0518. The molecule has 35 heavy (non-hydrogen) atoms. The van der Waals surface area contributed by atoms with E-state index in [2.05, 4.69) is 4.90 Å². The van der Waals surface area contributed by atoms with Crippen LogP contribution in [-0.2, 0) is 10.6 Å². The monoisotopic (exact) mass is 495 g/mol. The molecule has 182 valence electrons.